The van der Waals surface area contributed by atoms with Crippen LogP contribution in [-0.4, -0.2) is 63.5 Å². The van der Waals surface area contributed by atoms with Crippen molar-refractivity contribution in [3.63, 3.8) is 0 Å². The molecule has 1 amide bonds. The predicted molar refractivity (Wildman–Crippen MR) is 111 cm³/mol. The molecule has 3 aromatic rings. The standard InChI is InChI=1S/C21H20N6O4/c28-20-5-6-22-13-27(20)12-21(29)26-9-7-25(8-10-26)19-4-2-16(23-24-19)15-1-3-17-18(11-15)31-14-30-17/h1-6,11,13H,7-10,12,14H2. The first-order chi connectivity index (χ1) is 15.2. The zero-order chi connectivity index (χ0) is 21.2. The predicted octanol–water partition coefficient (Wildman–Crippen LogP) is 0.778. The van der Waals surface area contributed by atoms with Crippen LogP contribution in [-0.2, 0) is 11.3 Å². The molecule has 2 aliphatic heterocycles. The number of carbonyl (C=O) groups excluding carboxylic acids is 1. The number of carbonyl (C=O) groups is 1. The van der Waals surface area contributed by atoms with Crippen molar-refractivity contribution in [3.8, 4) is 22.8 Å². The van der Waals surface area contributed by atoms with E-state index in [2.05, 4.69) is 20.1 Å². The Hall–Kier alpha value is -3.95. The average molecular weight is 420 g/mol. The van der Waals surface area contributed by atoms with E-state index in [1.165, 1.54) is 23.2 Å². The highest BCUT2D eigenvalue weighted by Gasteiger charge is 2.23. The monoisotopic (exact) mass is 420 g/mol. The van der Waals surface area contributed by atoms with Gasteiger partial charge in [0.15, 0.2) is 17.3 Å². The zero-order valence-electron chi connectivity index (χ0n) is 16.7. The Bertz CT molecular complexity index is 1160. The van der Waals surface area contributed by atoms with E-state index in [1.54, 1.807) is 4.90 Å². The lowest BCUT2D eigenvalue weighted by Gasteiger charge is -2.35. The second-order valence-corrected chi connectivity index (χ2v) is 7.26. The number of aromatic nitrogens is 4. The van der Waals surface area contributed by atoms with E-state index in [1.807, 2.05) is 30.3 Å². The van der Waals surface area contributed by atoms with Gasteiger partial charge in [0.1, 0.15) is 6.54 Å². The summed E-state index contributed by atoms with van der Waals surface area (Å²) in [6.45, 7) is 2.63. The number of nitrogens with zero attached hydrogens (tertiary/aromatic N) is 6. The Morgan fingerprint density at radius 3 is 2.58 bits per heavy atom. The van der Waals surface area contributed by atoms with Crippen molar-refractivity contribution in [2.75, 3.05) is 37.9 Å². The number of hydrogen-bond acceptors (Lipinski definition) is 8. The Kier molecular flexibility index (Phi) is 4.95. The van der Waals surface area contributed by atoms with Crippen LogP contribution in [0.2, 0.25) is 0 Å². The molecule has 1 aromatic carbocycles. The Morgan fingerprint density at radius 2 is 1.81 bits per heavy atom. The molecule has 31 heavy (non-hydrogen) atoms. The van der Waals surface area contributed by atoms with Gasteiger partial charge in [0.05, 0.1) is 12.0 Å². The number of ether oxygens (including phenoxy) is 2. The van der Waals surface area contributed by atoms with Gasteiger partial charge < -0.3 is 19.3 Å². The maximum atomic E-state index is 12.5. The molecule has 4 heterocycles. The maximum Gasteiger partial charge on any atom is 0.253 e. The fourth-order valence-corrected chi connectivity index (χ4v) is 3.63. The summed E-state index contributed by atoms with van der Waals surface area (Å²) in [5.74, 6) is 2.10. The van der Waals surface area contributed by atoms with E-state index < -0.39 is 0 Å². The molecular weight excluding hydrogens is 400 g/mol. The average Bonchev–Trinajstić information content (AvgIpc) is 3.29. The van der Waals surface area contributed by atoms with E-state index in [4.69, 9.17) is 9.47 Å². The van der Waals surface area contributed by atoms with Crippen LogP contribution in [0.3, 0.4) is 0 Å². The van der Waals surface area contributed by atoms with Crippen LogP contribution in [0.1, 0.15) is 0 Å². The minimum atomic E-state index is -0.236. The molecule has 2 aromatic heterocycles. The van der Waals surface area contributed by atoms with Crippen molar-refractivity contribution in [2.24, 2.45) is 0 Å². The minimum Gasteiger partial charge on any atom is -0.454 e. The number of anilines is 1. The normalized spacial score (nSPS) is 15.2. The molecule has 0 bridgehead atoms. The van der Waals surface area contributed by atoms with E-state index in [0.717, 1.165) is 22.8 Å². The molecular formula is C21H20N6O4. The number of amides is 1. The first-order valence-corrected chi connectivity index (χ1v) is 9.94. The van der Waals surface area contributed by atoms with Gasteiger partial charge in [-0.3, -0.25) is 14.2 Å². The Morgan fingerprint density at radius 1 is 0.968 bits per heavy atom. The number of benzene rings is 1. The van der Waals surface area contributed by atoms with Crippen molar-refractivity contribution in [2.45, 2.75) is 6.54 Å². The van der Waals surface area contributed by atoms with Gasteiger partial charge in [-0.25, -0.2) is 4.98 Å². The fraction of sp³-hybridized carbons (Fsp3) is 0.286. The molecule has 0 saturated carbocycles. The number of hydrogen-bond donors (Lipinski definition) is 0. The summed E-state index contributed by atoms with van der Waals surface area (Å²) >= 11 is 0. The lowest BCUT2D eigenvalue weighted by Crippen LogP contribution is -2.50. The highest BCUT2D eigenvalue weighted by Crippen LogP contribution is 2.35. The molecule has 0 spiro atoms. The van der Waals surface area contributed by atoms with Gasteiger partial charge in [-0.05, 0) is 30.3 Å². The smallest absolute Gasteiger partial charge is 0.253 e. The minimum absolute atomic E-state index is 0.00327. The molecule has 10 nitrogen and oxygen atoms in total. The van der Waals surface area contributed by atoms with Gasteiger partial charge in [0.25, 0.3) is 5.56 Å². The molecule has 158 valence electrons. The summed E-state index contributed by atoms with van der Waals surface area (Å²) in [5, 5.41) is 8.72. The van der Waals surface area contributed by atoms with E-state index >= 15 is 0 Å². The highest BCUT2D eigenvalue weighted by molar-refractivity contribution is 5.76. The third-order valence-corrected chi connectivity index (χ3v) is 5.37. The van der Waals surface area contributed by atoms with Crippen molar-refractivity contribution >= 4 is 11.7 Å². The van der Waals surface area contributed by atoms with Gasteiger partial charge in [-0.15, -0.1) is 10.2 Å². The van der Waals surface area contributed by atoms with Crippen LogP contribution in [0.5, 0.6) is 11.5 Å². The second-order valence-electron chi connectivity index (χ2n) is 7.26. The van der Waals surface area contributed by atoms with Gasteiger partial charge in [0.2, 0.25) is 12.7 Å². The van der Waals surface area contributed by atoms with Crippen LogP contribution >= 0.6 is 0 Å². The first-order valence-electron chi connectivity index (χ1n) is 9.94. The van der Waals surface area contributed by atoms with E-state index in [0.29, 0.717) is 31.9 Å². The molecule has 10 heteroatoms. The molecule has 5 rings (SSSR count). The van der Waals surface area contributed by atoms with Crippen LogP contribution in [0, 0.1) is 0 Å². The fourth-order valence-electron chi connectivity index (χ4n) is 3.63. The number of fused-ring (bicyclic) bond motifs is 1. The van der Waals surface area contributed by atoms with Crippen molar-refractivity contribution < 1.29 is 14.3 Å². The third kappa shape index (κ3) is 3.91. The molecule has 1 saturated heterocycles. The van der Waals surface area contributed by atoms with Crippen LogP contribution in [0.4, 0.5) is 5.82 Å². The molecule has 0 aliphatic carbocycles. The van der Waals surface area contributed by atoms with E-state index in [-0.39, 0.29) is 24.8 Å². The third-order valence-electron chi connectivity index (χ3n) is 5.37. The number of piperazine rings is 1. The second kappa shape index (κ2) is 8.05. The van der Waals surface area contributed by atoms with Crippen LogP contribution in [0.25, 0.3) is 11.3 Å². The molecule has 0 N–H and O–H groups in total. The Labute approximate surface area is 177 Å². The summed E-state index contributed by atoms with van der Waals surface area (Å²) in [5.41, 5.74) is 1.42. The number of rotatable bonds is 4. The molecule has 0 unspecified atom stereocenters. The quantitative estimate of drug-likeness (QED) is 0.610. The summed E-state index contributed by atoms with van der Waals surface area (Å²) in [7, 11) is 0. The first kappa shape index (κ1) is 19.0. The Balaban J connectivity index is 1.20. The van der Waals surface area contributed by atoms with Crippen LogP contribution < -0.4 is 19.9 Å². The van der Waals surface area contributed by atoms with E-state index in [9.17, 15) is 9.59 Å². The van der Waals surface area contributed by atoms with Gasteiger partial charge in [-0.1, -0.05) is 0 Å². The van der Waals surface area contributed by atoms with Gasteiger partial charge in [0, 0.05) is 44.0 Å². The molecule has 0 atom stereocenters. The summed E-state index contributed by atoms with van der Waals surface area (Å²) in [6, 6.07) is 10.9. The van der Waals surface area contributed by atoms with Crippen molar-refractivity contribution in [1.29, 1.82) is 0 Å². The largest absolute Gasteiger partial charge is 0.454 e. The van der Waals surface area contributed by atoms with Gasteiger partial charge in [-0.2, -0.15) is 0 Å². The topological polar surface area (TPSA) is 103 Å². The molecule has 2 aliphatic rings. The van der Waals surface area contributed by atoms with Crippen molar-refractivity contribution in [3.05, 3.63) is 59.3 Å². The summed E-state index contributed by atoms with van der Waals surface area (Å²) in [4.78, 5) is 32.0. The SMILES string of the molecule is O=C(Cn1cnccc1=O)N1CCN(c2ccc(-c3ccc4c(c3)OCO4)nn2)CC1. The molecule has 0 radical (unpaired) electrons. The lowest BCUT2D eigenvalue weighted by molar-refractivity contribution is -0.132. The summed E-state index contributed by atoms with van der Waals surface area (Å²) in [6.07, 6.45) is 2.80. The molecule has 1 fully saturated rings. The van der Waals surface area contributed by atoms with Crippen LogP contribution in [0.15, 0.2) is 53.7 Å². The lowest BCUT2D eigenvalue weighted by atomic mass is 10.1. The highest BCUT2D eigenvalue weighted by atomic mass is 16.7. The summed E-state index contributed by atoms with van der Waals surface area (Å²) < 4.78 is 12.1. The van der Waals surface area contributed by atoms with Crippen molar-refractivity contribution in [1.82, 2.24) is 24.6 Å². The maximum absolute atomic E-state index is 12.5. The van der Waals surface area contributed by atoms with Gasteiger partial charge >= 0.3 is 0 Å². The zero-order valence-corrected chi connectivity index (χ0v) is 16.7.